The van der Waals surface area contributed by atoms with Crippen molar-refractivity contribution in [3.63, 3.8) is 0 Å². The molecule has 1 aliphatic carbocycles. The second-order valence-corrected chi connectivity index (χ2v) is 12.2. The molecule has 1 saturated heterocycles. The average Bonchev–Trinajstić information content (AvgIpc) is 3.69. The third kappa shape index (κ3) is 3.45. The van der Waals surface area contributed by atoms with Crippen LogP contribution in [-0.2, 0) is 14.9 Å². The smallest absolute Gasteiger partial charge is 0.303 e. The lowest BCUT2D eigenvalue weighted by Gasteiger charge is -2.64. The van der Waals surface area contributed by atoms with Crippen LogP contribution in [0.5, 0.6) is 17.2 Å². The van der Waals surface area contributed by atoms with E-state index in [1.165, 1.54) is 6.92 Å². The van der Waals surface area contributed by atoms with Crippen molar-refractivity contribution in [1.29, 1.82) is 0 Å². The summed E-state index contributed by atoms with van der Waals surface area (Å²) in [5, 5.41) is 16.2. The first kappa shape index (κ1) is 27.1. The van der Waals surface area contributed by atoms with Crippen molar-refractivity contribution in [3.05, 3.63) is 59.7 Å². The zero-order valence-corrected chi connectivity index (χ0v) is 24.4. The quantitative estimate of drug-likeness (QED) is 0.397. The number of likely N-dealkylation sites (N-methyl/N-ethyl adjacent to an activating group) is 1. The molecule has 10 nitrogen and oxygen atoms in total. The Bertz CT molecular complexity index is 1490. The van der Waals surface area contributed by atoms with Gasteiger partial charge in [0.2, 0.25) is 6.79 Å². The summed E-state index contributed by atoms with van der Waals surface area (Å²) in [5.74, 6) is 0.982. The summed E-state index contributed by atoms with van der Waals surface area (Å²) in [5.41, 5.74) is -0.298. The van der Waals surface area contributed by atoms with E-state index in [0.717, 1.165) is 36.5 Å². The summed E-state index contributed by atoms with van der Waals surface area (Å²) in [6.45, 7) is 5.10. The van der Waals surface area contributed by atoms with Crippen molar-refractivity contribution in [3.8, 4) is 17.2 Å². The Hall–Kier alpha value is -3.76. The van der Waals surface area contributed by atoms with Gasteiger partial charge in [-0.15, -0.1) is 0 Å². The molecule has 5 aliphatic rings. The van der Waals surface area contributed by atoms with Crippen LogP contribution in [0.4, 0.5) is 5.69 Å². The van der Waals surface area contributed by atoms with Crippen LogP contribution in [-0.4, -0.2) is 86.3 Å². The molecule has 1 amide bonds. The number of carbonyl (C=O) groups excluding carboxylic acids is 2. The SMILES string of the molecule is CC[C@]12C=CCN3CC[C@@]4(c5ccc(OC)cc5N(C)[C@H]4[C@@](O)(CNC(=O)c4ccc5c(c4)OCO5)[C@@H]1OC(C)=O)C32. The number of carbonyl (C=O) groups is 2. The molecule has 4 heterocycles. The van der Waals surface area contributed by atoms with Crippen LogP contribution < -0.4 is 24.4 Å². The van der Waals surface area contributed by atoms with Gasteiger partial charge in [-0.05, 0) is 49.2 Å². The summed E-state index contributed by atoms with van der Waals surface area (Å²) < 4.78 is 22.6. The molecule has 42 heavy (non-hydrogen) atoms. The molecule has 0 aromatic heterocycles. The molecular weight excluding hydrogens is 538 g/mol. The second-order valence-electron chi connectivity index (χ2n) is 12.2. The Morgan fingerprint density at radius 2 is 1.95 bits per heavy atom. The normalized spacial score (nSPS) is 33.5. The lowest BCUT2D eigenvalue weighted by atomic mass is 9.47. The Kier molecular flexibility index (Phi) is 6.05. The highest BCUT2D eigenvalue weighted by Gasteiger charge is 2.77. The number of methoxy groups -OCH3 is 1. The first-order valence-corrected chi connectivity index (χ1v) is 14.6. The Morgan fingerprint density at radius 3 is 2.71 bits per heavy atom. The molecule has 7 rings (SSSR count). The number of ether oxygens (including phenoxy) is 4. The van der Waals surface area contributed by atoms with Crippen LogP contribution in [0, 0.1) is 5.41 Å². The Balaban J connectivity index is 1.37. The van der Waals surface area contributed by atoms with Crippen molar-refractivity contribution in [2.75, 3.05) is 45.5 Å². The molecular formula is C32H37N3O7. The minimum absolute atomic E-state index is 0.0173. The Labute approximate surface area is 245 Å². The number of hydrogen-bond donors (Lipinski definition) is 2. The van der Waals surface area contributed by atoms with Crippen LogP contribution in [0.1, 0.15) is 42.6 Å². The maximum Gasteiger partial charge on any atom is 0.303 e. The highest BCUT2D eigenvalue weighted by atomic mass is 16.7. The van der Waals surface area contributed by atoms with E-state index in [2.05, 4.69) is 40.3 Å². The van der Waals surface area contributed by atoms with Crippen LogP contribution >= 0.6 is 0 Å². The minimum Gasteiger partial charge on any atom is -0.497 e. The number of hydrogen-bond acceptors (Lipinski definition) is 9. The lowest BCUT2D eigenvalue weighted by molar-refractivity contribution is -0.216. The van der Waals surface area contributed by atoms with Gasteiger partial charge in [0.15, 0.2) is 11.5 Å². The first-order valence-electron chi connectivity index (χ1n) is 14.6. The predicted octanol–water partition coefficient (Wildman–Crippen LogP) is 2.63. The van der Waals surface area contributed by atoms with E-state index in [0.29, 0.717) is 23.5 Å². The van der Waals surface area contributed by atoms with Gasteiger partial charge in [-0.3, -0.25) is 14.5 Å². The monoisotopic (exact) mass is 575 g/mol. The maximum absolute atomic E-state index is 13.5. The fourth-order valence-electron chi connectivity index (χ4n) is 9.01. The molecule has 2 aromatic carbocycles. The van der Waals surface area contributed by atoms with Crippen molar-refractivity contribution in [1.82, 2.24) is 10.2 Å². The number of nitrogens with one attached hydrogen (secondary N) is 1. The van der Waals surface area contributed by atoms with Gasteiger partial charge in [-0.2, -0.15) is 0 Å². The number of esters is 1. The molecule has 0 radical (unpaired) electrons. The predicted molar refractivity (Wildman–Crippen MR) is 154 cm³/mol. The topological polar surface area (TPSA) is 110 Å². The van der Waals surface area contributed by atoms with Crippen LogP contribution in [0.15, 0.2) is 48.6 Å². The van der Waals surface area contributed by atoms with Gasteiger partial charge in [-0.25, -0.2) is 0 Å². The fourth-order valence-corrected chi connectivity index (χ4v) is 9.01. The Morgan fingerprint density at radius 1 is 1.14 bits per heavy atom. The van der Waals surface area contributed by atoms with Gasteiger partial charge in [-0.1, -0.05) is 25.1 Å². The molecule has 1 spiro atoms. The van der Waals surface area contributed by atoms with E-state index in [1.54, 1.807) is 25.3 Å². The second kappa shape index (κ2) is 9.37. The zero-order chi connectivity index (χ0) is 29.4. The largest absolute Gasteiger partial charge is 0.497 e. The summed E-state index contributed by atoms with van der Waals surface area (Å²) in [6.07, 6.45) is 4.85. The number of aliphatic hydroxyl groups is 1. The summed E-state index contributed by atoms with van der Waals surface area (Å²) in [4.78, 5) is 30.9. The van der Waals surface area contributed by atoms with Gasteiger partial charge in [0.25, 0.3) is 5.91 Å². The van der Waals surface area contributed by atoms with E-state index < -0.39 is 34.5 Å². The van der Waals surface area contributed by atoms with E-state index in [4.69, 9.17) is 18.9 Å². The van der Waals surface area contributed by atoms with E-state index in [1.807, 2.05) is 19.2 Å². The van der Waals surface area contributed by atoms with Gasteiger partial charge in [0.05, 0.1) is 19.7 Å². The minimum atomic E-state index is -1.65. The van der Waals surface area contributed by atoms with Gasteiger partial charge < -0.3 is 34.3 Å². The van der Waals surface area contributed by atoms with Crippen molar-refractivity contribution >= 4 is 17.6 Å². The molecule has 10 heteroatoms. The average molecular weight is 576 g/mol. The molecule has 2 N–H and O–H groups in total. The molecule has 6 atom stereocenters. The first-order chi connectivity index (χ1) is 20.2. The van der Waals surface area contributed by atoms with Crippen LogP contribution in [0.3, 0.4) is 0 Å². The zero-order valence-electron chi connectivity index (χ0n) is 24.4. The van der Waals surface area contributed by atoms with Gasteiger partial charge in [0, 0.05) is 54.7 Å². The number of benzene rings is 2. The van der Waals surface area contributed by atoms with Crippen molar-refractivity contribution < 1.29 is 33.6 Å². The highest BCUT2D eigenvalue weighted by molar-refractivity contribution is 5.95. The van der Waals surface area contributed by atoms with Gasteiger partial charge in [0.1, 0.15) is 17.5 Å². The fraction of sp³-hybridized carbons (Fsp3) is 0.500. The van der Waals surface area contributed by atoms with E-state index in [9.17, 15) is 14.7 Å². The highest BCUT2D eigenvalue weighted by Crippen LogP contribution is 2.67. The summed E-state index contributed by atoms with van der Waals surface area (Å²) in [6, 6.07) is 10.6. The summed E-state index contributed by atoms with van der Waals surface area (Å²) >= 11 is 0. The third-order valence-corrected chi connectivity index (χ3v) is 10.4. The van der Waals surface area contributed by atoms with Crippen molar-refractivity contribution in [2.45, 2.75) is 55.9 Å². The molecule has 1 saturated carbocycles. The van der Waals surface area contributed by atoms with Gasteiger partial charge >= 0.3 is 5.97 Å². The molecule has 4 aliphatic heterocycles. The molecule has 2 aromatic rings. The van der Waals surface area contributed by atoms with Crippen LogP contribution in [0.2, 0.25) is 0 Å². The van der Waals surface area contributed by atoms with Crippen molar-refractivity contribution in [2.24, 2.45) is 5.41 Å². The summed E-state index contributed by atoms with van der Waals surface area (Å²) in [7, 11) is 3.62. The molecule has 222 valence electrons. The maximum atomic E-state index is 13.5. The number of amides is 1. The van der Waals surface area contributed by atoms with E-state index >= 15 is 0 Å². The molecule has 0 bridgehead atoms. The number of fused-ring (bicyclic) bond motifs is 2. The molecule has 2 fully saturated rings. The number of anilines is 1. The van der Waals surface area contributed by atoms with E-state index in [-0.39, 0.29) is 25.3 Å². The third-order valence-electron chi connectivity index (χ3n) is 10.4. The lowest BCUT2D eigenvalue weighted by Crippen LogP contribution is -2.81. The number of rotatable bonds is 6. The number of nitrogens with zero attached hydrogens (tertiary/aromatic N) is 2. The standard InChI is InChI=1S/C32H37N3O7/c1-5-30-11-6-13-35-14-12-31(27(30)35)22-9-8-21(39-4)16-23(22)34(3)28(31)32(38,29(30)42-19(2)36)17-33-26(37)20-7-10-24-25(15-20)41-18-40-24/h6-11,15-16,27-29,38H,5,12-14,17-18H2,1-4H3,(H,33,37)/t27?,28-,29-,30-,31-,32+/m1/s1. The van der Waals surface area contributed by atoms with Crippen LogP contribution in [0.25, 0.3) is 0 Å². The molecule has 1 unspecified atom stereocenters.